The molecule has 0 rings (SSSR count). The molecule has 0 heterocycles. The van der Waals surface area contributed by atoms with E-state index in [9.17, 15) is 4.79 Å². The Hall–Kier alpha value is -0.690. The molecule has 0 aromatic heterocycles. The normalized spacial score (nSPS) is 11.4. The highest BCUT2D eigenvalue weighted by molar-refractivity contribution is 5.75. The number of amides is 1. The summed E-state index contributed by atoms with van der Waals surface area (Å²) in [4.78, 5) is 13.7. The number of aliphatic hydroxyl groups is 2. The van der Waals surface area contributed by atoms with Crippen LogP contribution >= 0.6 is 0 Å². The molecule has 0 unspecified atom stereocenters. The van der Waals surface area contributed by atoms with Gasteiger partial charge >= 0.3 is 0 Å². The Bertz CT molecular complexity index is 363. The van der Waals surface area contributed by atoms with Gasteiger partial charge in [0, 0.05) is 26.1 Å². The third kappa shape index (κ3) is 23.8. The maximum absolute atomic E-state index is 11.8. The number of ether oxygens (including phenoxy) is 1. The number of nitrogens with zero attached hydrogens (tertiary/aromatic N) is 1. The van der Waals surface area contributed by atoms with Crippen molar-refractivity contribution in [2.45, 2.75) is 110 Å². The summed E-state index contributed by atoms with van der Waals surface area (Å²) >= 11 is 0. The standard InChI is InChI=1S/C25H52N2O4/c1-2-3-4-5-6-7-8-9-10-11-12-13-14-15-16-17-25(30)26-24-31-23-20-27(18-21-28)19-22-29/h28-29H,2-24H2,1H3,(H,26,30). The van der Waals surface area contributed by atoms with E-state index < -0.39 is 0 Å². The van der Waals surface area contributed by atoms with Crippen molar-refractivity contribution in [2.24, 2.45) is 0 Å². The van der Waals surface area contributed by atoms with Gasteiger partial charge in [0.2, 0.25) is 5.91 Å². The highest BCUT2D eigenvalue weighted by Gasteiger charge is 2.04. The van der Waals surface area contributed by atoms with Gasteiger partial charge in [0.15, 0.2) is 0 Å². The van der Waals surface area contributed by atoms with Gasteiger partial charge in [-0.25, -0.2) is 0 Å². The first-order chi connectivity index (χ1) is 15.2. The Labute approximate surface area is 192 Å². The number of hydrogen-bond donors (Lipinski definition) is 3. The second-order valence-electron chi connectivity index (χ2n) is 8.64. The molecule has 0 saturated carbocycles. The van der Waals surface area contributed by atoms with Gasteiger partial charge < -0.3 is 20.3 Å². The van der Waals surface area contributed by atoms with Gasteiger partial charge in [-0.3, -0.25) is 9.69 Å². The maximum atomic E-state index is 11.8. The van der Waals surface area contributed by atoms with Crippen molar-refractivity contribution < 1.29 is 19.7 Å². The predicted octanol–water partition coefficient (Wildman–Crippen LogP) is 4.62. The minimum Gasteiger partial charge on any atom is -0.395 e. The SMILES string of the molecule is CCCCCCCCCCCCCCCCCC(=O)NCOCCN(CCO)CCO. The van der Waals surface area contributed by atoms with Gasteiger partial charge in [0.05, 0.1) is 19.8 Å². The topological polar surface area (TPSA) is 82.0 Å². The van der Waals surface area contributed by atoms with Gasteiger partial charge in [-0.1, -0.05) is 96.8 Å². The third-order valence-electron chi connectivity index (χ3n) is 5.76. The summed E-state index contributed by atoms with van der Waals surface area (Å²) in [5.74, 6) is 0.0530. The van der Waals surface area contributed by atoms with Gasteiger partial charge in [-0.2, -0.15) is 0 Å². The minimum absolute atomic E-state index is 0.0530. The van der Waals surface area contributed by atoms with Crippen LogP contribution in [0.3, 0.4) is 0 Å². The number of carbonyl (C=O) groups excluding carboxylic acids is 1. The van der Waals surface area contributed by atoms with Gasteiger partial charge in [-0.15, -0.1) is 0 Å². The fourth-order valence-corrected chi connectivity index (χ4v) is 3.76. The van der Waals surface area contributed by atoms with Crippen LogP contribution in [0.25, 0.3) is 0 Å². The minimum atomic E-state index is 0.0530. The third-order valence-corrected chi connectivity index (χ3v) is 5.76. The molecule has 0 atom stereocenters. The summed E-state index contributed by atoms with van der Waals surface area (Å²) in [6.07, 6.45) is 20.5. The number of rotatable bonds is 25. The van der Waals surface area contributed by atoms with Gasteiger partial charge in [0.25, 0.3) is 0 Å². The Morgan fingerprint density at radius 3 is 1.61 bits per heavy atom. The number of aliphatic hydroxyl groups excluding tert-OH is 2. The Kier molecular flexibility index (Phi) is 25.0. The molecule has 0 saturated heterocycles. The molecule has 6 nitrogen and oxygen atoms in total. The van der Waals surface area contributed by atoms with Crippen LogP contribution in [0.15, 0.2) is 0 Å². The molecule has 6 heteroatoms. The van der Waals surface area contributed by atoms with E-state index in [4.69, 9.17) is 14.9 Å². The fourth-order valence-electron chi connectivity index (χ4n) is 3.76. The number of nitrogens with one attached hydrogen (secondary N) is 1. The van der Waals surface area contributed by atoms with Crippen molar-refractivity contribution in [1.82, 2.24) is 10.2 Å². The quantitative estimate of drug-likeness (QED) is 0.141. The number of hydrogen-bond acceptors (Lipinski definition) is 5. The van der Waals surface area contributed by atoms with E-state index in [0.717, 1.165) is 12.8 Å². The number of carbonyl (C=O) groups is 1. The summed E-state index contributed by atoms with van der Waals surface area (Å²) in [6.45, 7) is 4.78. The second kappa shape index (κ2) is 25.6. The molecule has 0 spiro atoms. The lowest BCUT2D eigenvalue weighted by atomic mass is 10.0. The van der Waals surface area contributed by atoms with Crippen molar-refractivity contribution >= 4 is 5.91 Å². The molecule has 186 valence electrons. The Morgan fingerprint density at radius 2 is 1.16 bits per heavy atom. The lowest BCUT2D eigenvalue weighted by Crippen LogP contribution is -2.34. The number of unbranched alkanes of at least 4 members (excludes halogenated alkanes) is 14. The monoisotopic (exact) mass is 444 g/mol. The first-order valence-corrected chi connectivity index (χ1v) is 13.0. The van der Waals surface area contributed by atoms with E-state index in [-0.39, 0.29) is 25.9 Å². The van der Waals surface area contributed by atoms with E-state index in [2.05, 4.69) is 12.2 Å². The molecule has 0 aliphatic heterocycles. The molecular weight excluding hydrogens is 392 g/mol. The summed E-state index contributed by atoms with van der Waals surface area (Å²) in [7, 11) is 0. The van der Waals surface area contributed by atoms with Crippen LogP contribution in [0.4, 0.5) is 0 Å². The van der Waals surface area contributed by atoms with Crippen LogP contribution in [0.1, 0.15) is 110 Å². The van der Waals surface area contributed by atoms with E-state index in [1.807, 2.05) is 4.90 Å². The largest absolute Gasteiger partial charge is 0.395 e. The lowest BCUT2D eigenvalue weighted by Gasteiger charge is -2.19. The average Bonchev–Trinajstić information content (AvgIpc) is 2.76. The van der Waals surface area contributed by atoms with Gasteiger partial charge in [-0.05, 0) is 6.42 Å². The van der Waals surface area contributed by atoms with Crippen molar-refractivity contribution in [3.05, 3.63) is 0 Å². The smallest absolute Gasteiger partial charge is 0.221 e. The second-order valence-corrected chi connectivity index (χ2v) is 8.64. The van der Waals surface area contributed by atoms with Gasteiger partial charge in [0.1, 0.15) is 6.73 Å². The van der Waals surface area contributed by atoms with Crippen molar-refractivity contribution in [1.29, 1.82) is 0 Å². The molecule has 0 aliphatic carbocycles. The molecule has 0 fully saturated rings. The van der Waals surface area contributed by atoms with Crippen molar-refractivity contribution in [3.8, 4) is 0 Å². The van der Waals surface area contributed by atoms with Crippen molar-refractivity contribution in [3.63, 3.8) is 0 Å². The molecule has 1 amide bonds. The zero-order valence-electron chi connectivity index (χ0n) is 20.4. The van der Waals surface area contributed by atoms with Crippen LogP contribution in [0.5, 0.6) is 0 Å². The molecule has 0 aliphatic rings. The zero-order chi connectivity index (χ0) is 22.8. The maximum Gasteiger partial charge on any atom is 0.221 e. The fraction of sp³-hybridized carbons (Fsp3) is 0.960. The van der Waals surface area contributed by atoms with E-state index in [0.29, 0.717) is 32.7 Å². The highest BCUT2D eigenvalue weighted by atomic mass is 16.5. The van der Waals surface area contributed by atoms with Crippen LogP contribution in [0.2, 0.25) is 0 Å². The van der Waals surface area contributed by atoms with E-state index in [1.165, 1.54) is 83.5 Å². The van der Waals surface area contributed by atoms with Crippen molar-refractivity contribution in [2.75, 3.05) is 46.2 Å². The summed E-state index contributed by atoms with van der Waals surface area (Å²) in [6, 6.07) is 0. The molecule has 0 aromatic rings. The summed E-state index contributed by atoms with van der Waals surface area (Å²) in [5, 5.41) is 20.7. The van der Waals surface area contributed by atoms with Crippen LogP contribution in [-0.4, -0.2) is 67.2 Å². The first kappa shape index (κ1) is 30.3. The Morgan fingerprint density at radius 1 is 0.710 bits per heavy atom. The average molecular weight is 445 g/mol. The Balaban J connectivity index is 3.27. The van der Waals surface area contributed by atoms with E-state index >= 15 is 0 Å². The predicted molar refractivity (Wildman–Crippen MR) is 129 cm³/mol. The van der Waals surface area contributed by atoms with Crippen LogP contribution < -0.4 is 5.32 Å². The summed E-state index contributed by atoms with van der Waals surface area (Å²) in [5.41, 5.74) is 0. The van der Waals surface area contributed by atoms with Crippen LogP contribution in [-0.2, 0) is 9.53 Å². The highest BCUT2D eigenvalue weighted by Crippen LogP contribution is 2.13. The summed E-state index contributed by atoms with van der Waals surface area (Å²) < 4.78 is 5.42. The lowest BCUT2D eigenvalue weighted by molar-refractivity contribution is -0.123. The molecule has 0 bridgehead atoms. The molecular formula is C25H52N2O4. The molecule has 0 radical (unpaired) electrons. The molecule has 3 N–H and O–H groups in total. The molecule has 31 heavy (non-hydrogen) atoms. The zero-order valence-corrected chi connectivity index (χ0v) is 20.4. The van der Waals surface area contributed by atoms with E-state index in [1.54, 1.807) is 0 Å². The molecule has 0 aromatic carbocycles. The van der Waals surface area contributed by atoms with Crippen LogP contribution in [0, 0.1) is 0 Å². The first-order valence-electron chi connectivity index (χ1n) is 13.0.